The van der Waals surface area contributed by atoms with Crippen LogP contribution in [0, 0.1) is 0 Å². The van der Waals surface area contributed by atoms with E-state index in [9.17, 15) is 0 Å². The molecule has 318 valence electrons. The van der Waals surface area contributed by atoms with Gasteiger partial charge in [0.2, 0.25) is 0 Å². The molecule has 13 aromatic rings. The van der Waals surface area contributed by atoms with Gasteiger partial charge in [-0.3, -0.25) is 0 Å². The molecule has 0 atom stereocenters. The second kappa shape index (κ2) is 16.4. The van der Waals surface area contributed by atoms with Crippen LogP contribution in [0.15, 0.2) is 261 Å². The minimum Gasteiger partial charge on any atom is -0.307 e. The van der Waals surface area contributed by atoms with Crippen molar-refractivity contribution >= 4 is 43.6 Å². The van der Waals surface area contributed by atoms with Gasteiger partial charge in [0.05, 0.1) is 33.5 Å². The number of aromatic nitrogens is 3. The predicted octanol–water partition coefficient (Wildman–Crippen LogP) is 17.3. The number of hydrogen-bond acceptors (Lipinski definition) is 1. The lowest BCUT2D eigenvalue weighted by Gasteiger charge is -2.17. The van der Waals surface area contributed by atoms with Crippen LogP contribution in [0.25, 0.3) is 122 Å². The van der Waals surface area contributed by atoms with Crippen LogP contribution in [0.1, 0.15) is 0 Å². The predicted molar refractivity (Wildman–Crippen MR) is 286 cm³/mol. The summed E-state index contributed by atoms with van der Waals surface area (Å²) in [6.07, 6.45) is 0. The SMILES string of the molecule is c1ccc(-c2cc(-c3ccccc3)cc(-n3c4ccccc4c4ccc5c6ccccc6n(-c6cc(-c7ccccc7)cc(-c7cc(-c8ccccc8)nc(-c8ccccc8)c7)c6)c5c43)c2)cc1. The maximum Gasteiger partial charge on any atom is 0.0788 e. The molecule has 0 fully saturated rings. The van der Waals surface area contributed by atoms with E-state index in [1.54, 1.807) is 0 Å². The van der Waals surface area contributed by atoms with Crippen LogP contribution in [0.2, 0.25) is 0 Å². The minimum absolute atomic E-state index is 0.935. The largest absolute Gasteiger partial charge is 0.307 e. The van der Waals surface area contributed by atoms with Crippen LogP contribution in [0.3, 0.4) is 0 Å². The molecule has 0 unspecified atom stereocenters. The molecule has 0 bridgehead atoms. The zero-order valence-electron chi connectivity index (χ0n) is 37.2. The highest BCUT2D eigenvalue weighted by Gasteiger charge is 2.23. The first-order valence-electron chi connectivity index (χ1n) is 23.3. The molecule has 3 nitrogen and oxygen atoms in total. The summed E-state index contributed by atoms with van der Waals surface area (Å²) in [4.78, 5) is 5.27. The molecule has 0 N–H and O–H groups in total. The Morgan fingerprint density at radius 2 is 0.515 bits per heavy atom. The minimum atomic E-state index is 0.935. The number of benzene rings is 10. The van der Waals surface area contributed by atoms with Gasteiger partial charge in [-0.15, -0.1) is 0 Å². The number of nitrogens with zero attached hydrogens (tertiary/aromatic N) is 3. The van der Waals surface area contributed by atoms with Gasteiger partial charge in [-0.1, -0.05) is 200 Å². The van der Waals surface area contributed by atoms with Crippen LogP contribution in [0.5, 0.6) is 0 Å². The highest BCUT2D eigenvalue weighted by Crippen LogP contribution is 2.44. The standard InChI is InChI=1S/C65H43N3/c1-6-20-44(21-7-1)49-36-50(45-22-8-2-9-23-45)39-54(38-49)67-62-32-18-16-30-56(62)58-34-35-59-57-31-17-19-33-63(57)68(65(59)64(58)67)55-40-51(46-24-10-3-11-25-46)37-52(41-55)53-42-60(47-26-12-4-13-27-47)66-61(43-53)48-28-14-5-15-29-48/h1-43H. The monoisotopic (exact) mass is 865 g/mol. The second-order valence-electron chi connectivity index (χ2n) is 17.6. The highest BCUT2D eigenvalue weighted by molar-refractivity contribution is 6.24. The van der Waals surface area contributed by atoms with E-state index in [4.69, 9.17) is 4.98 Å². The van der Waals surface area contributed by atoms with Crippen molar-refractivity contribution in [3.63, 3.8) is 0 Å². The maximum atomic E-state index is 5.27. The molecule has 13 rings (SSSR count). The normalized spacial score (nSPS) is 11.5. The molecule has 68 heavy (non-hydrogen) atoms. The Labute approximate surface area is 395 Å². The molecule has 0 saturated carbocycles. The van der Waals surface area contributed by atoms with Crippen LogP contribution >= 0.6 is 0 Å². The number of pyridine rings is 1. The van der Waals surface area contributed by atoms with Gasteiger partial charge >= 0.3 is 0 Å². The Hall–Kier alpha value is -9.05. The van der Waals surface area contributed by atoms with Crippen LogP contribution in [-0.2, 0) is 0 Å². The van der Waals surface area contributed by atoms with Gasteiger partial charge in [0, 0.05) is 44.0 Å². The third kappa shape index (κ3) is 6.80. The molecule has 3 heterocycles. The summed E-state index contributed by atoms with van der Waals surface area (Å²) in [7, 11) is 0. The summed E-state index contributed by atoms with van der Waals surface area (Å²) in [6.45, 7) is 0. The Morgan fingerprint density at radius 1 is 0.221 bits per heavy atom. The molecule has 0 spiro atoms. The first-order valence-corrected chi connectivity index (χ1v) is 23.3. The molecular weight excluding hydrogens is 823 g/mol. The molecule has 0 radical (unpaired) electrons. The zero-order chi connectivity index (χ0) is 45.0. The summed E-state index contributed by atoms with van der Waals surface area (Å²) in [5.41, 5.74) is 20.1. The Kier molecular flexibility index (Phi) is 9.50. The second-order valence-corrected chi connectivity index (χ2v) is 17.6. The van der Waals surface area contributed by atoms with Gasteiger partial charge in [-0.05, 0) is 105 Å². The van der Waals surface area contributed by atoms with E-state index in [-0.39, 0.29) is 0 Å². The van der Waals surface area contributed by atoms with Crippen molar-refractivity contribution in [3.05, 3.63) is 261 Å². The van der Waals surface area contributed by atoms with E-state index in [2.05, 4.69) is 270 Å². The van der Waals surface area contributed by atoms with Gasteiger partial charge in [0.1, 0.15) is 0 Å². The van der Waals surface area contributed by atoms with Crippen LogP contribution in [-0.4, -0.2) is 14.1 Å². The number of para-hydroxylation sites is 2. The summed E-state index contributed by atoms with van der Waals surface area (Å²) in [6, 6.07) is 94.5. The first kappa shape index (κ1) is 39.3. The summed E-state index contributed by atoms with van der Waals surface area (Å²) < 4.78 is 5.04. The molecule has 0 aliphatic rings. The van der Waals surface area contributed by atoms with Gasteiger partial charge in [0.25, 0.3) is 0 Å². The lowest BCUT2D eigenvalue weighted by Crippen LogP contribution is -2.00. The molecular formula is C65H43N3. The van der Waals surface area contributed by atoms with E-state index in [0.29, 0.717) is 0 Å². The quantitative estimate of drug-likeness (QED) is 0.149. The molecule has 0 aliphatic carbocycles. The lowest BCUT2D eigenvalue weighted by atomic mass is 9.95. The Bertz CT molecular complexity index is 3870. The van der Waals surface area contributed by atoms with Crippen molar-refractivity contribution in [3.8, 4) is 78.4 Å². The van der Waals surface area contributed by atoms with E-state index < -0.39 is 0 Å². The molecule has 3 heteroatoms. The van der Waals surface area contributed by atoms with Gasteiger partial charge in [0.15, 0.2) is 0 Å². The fourth-order valence-electron chi connectivity index (χ4n) is 10.3. The van der Waals surface area contributed by atoms with Crippen molar-refractivity contribution < 1.29 is 0 Å². The first-order chi connectivity index (χ1) is 33.7. The lowest BCUT2D eigenvalue weighted by molar-refractivity contribution is 1.15. The van der Waals surface area contributed by atoms with Crippen molar-refractivity contribution in [1.82, 2.24) is 14.1 Å². The fraction of sp³-hybridized carbons (Fsp3) is 0. The molecule has 0 amide bonds. The van der Waals surface area contributed by atoms with Crippen molar-refractivity contribution in [1.29, 1.82) is 0 Å². The molecule has 10 aromatic carbocycles. The summed E-state index contributed by atoms with van der Waals surface area (Å²) in [5.74, 6) is 0. The molecule has 0 aliphatic heterocycles. The molecule has 0 saturated heterocycles. The Morgan fingerprint density at radius 3 is 0.882 bits per heavy atom. The van der Waals surface area contributed by atoms with E-state index in [1.165, 1.54) is 43.8 Å². The number of rotatable bonds is 8. The maximum absolute atomic E-state index is 5.27. The molecule has 3 aromatic heterocycles. The van der Waals surface area contributed by atoms with E-state index in [1.807, 2.05) is 0 Å². The van der Waals surface area contributed by atoms with Gasteiger partial charge in [-0.25, -0.2) is 4.98 Å². The van der Waals surface area contributed by atoms with E-state index >= 15 is 0 Å². The van der Waals surface area contributed by atoms with Crippen LogP contribution in [0.4, 0.5) is 0 Å². The van der Waals surface area contributed by atoms with Crippen molar-refractivity contribution in [2.75, 3.05) is 0 Å². The topological polar surface area (TPSA) is 22.8 Å². The zero-order valence-corrected chi connectivity index (χ0v) is 37.2. The van der Waals surface area contributed by atoms with Gasteiger partial charge < -0.3 is 9.13 Å². The van der Waals surface area contributed by atoms with E-state index in [0.717, 1.165) is 78.2 Å². The summed E-state index contributed by atoms with van der Waals surface area (Å²) >= 11 is 0. The van der Waals surface area contributed by atoms with Gasteiger partial charge in [-0.2, -0.15) is 0 Å². The fourth-order valence-corrected chi connectivity index (χ4v) is 10.3. The smallest absolute Gasteiger partial charge is 0.0788 e. The summed E-state index contributed by atoms with van der Waals surface area (Å²) in [5, 5.41) is 4.83. The Balaban J connectivity index is 1.14. The van der Waals surface area contributed by atoms with Crippen LogP contribution < -0.4 is 0 Å². The van der Waals surface area contributed by atoms with Crippen molar-refractivity contribution in [2.24, 2.45) is 0 Å². The number of hydrogen-bond donors (Lipinski definition) is 0. The average Bonchev–Trinajstić information content (AvgIpc) is 3.95. The third-order valence-corrected chi connectivity index (χ3v) is 13.4. The number of fused-ring (bicyclic) bond motifs is 7. The third-order valence-electron chi connectivity index (χ3n) is 13.4. The highest BCUT2D eigenvalue weighted by atomic mass is 15.0. The average molecular weight is 866 g/mol. The van der Waals surface area contributed by atoms with Crippen molar-refractivity contribution in [2.45, 2.75) is 0 Å².